The van der Waals surface area contributed by atoms with Crippen molar-refractivity contribution in [1.29, 1.82) is 0 Å². The molecule has 0 saturated carbocycles. The lowest BCUT2D eigenvalue weighted by Gasteiger charge is -2.30. The summed E-state index contributed by atoms with van der Waals surface area (Å²) < 4.78 is 26.2. The first-order chi connectivity index (χ1) is 11.0. The van der Waals surface area contributed by atoms with Gasteiger partial charge in [0.25, 0.3) is 0 Å². The number of nitrogens with zero attached hydrogens (tertiary/aromatic N) is 1. The lowest BCUT2D eigenvalue weighted by Crippen LogP contribution is -2.36. The summed E-state index contributed by atoms with van der Waals surface area (Å²) in [4.78, 5) is 15.5. The van der Waals surface area contributed by atoms with Gasteiger partial charge in [-0.1, -0.05) is 6.07 Å². The van der Waals surface area contributed by atoms with E-state index in [1.807, 2.05) is 18.2 Å². The molecule has 0 unspecified atom stereocenters. The van der Waals surface area contributed by atoms with Crippen molar-refractivity contribution in [1.82, 2.24) is 9.88 Å². The second-order valence-corrected chi connectivity index (χ2v) is 6.65. The molecule has 1 aromatic carbocycles. The fraction of sp³-hybridized carbons (Fsp3) is 0.438. The highest BCUT2D eigenvalue weighted by Gasteiger charge is 2.24. The van der Waals surface area contributed by atoms with Crippen molar-refractivity contribution in [3.8, 4) is 0 Å². The first kappa shape index (κ1) is 16.2. The summed E-state index contributed by atoms with van der Waals surface area (Å²) in [6, 6.07) is 5.88. The van der Waals surface area contributed by atoms with Gasteiger partial charge in [-0.05, 0) is 57.9 Å². The van der Waals surface area contributed by atoms with Crippen LogP contribution in [0.15, 0.2) is 22.8 Å². The van der Waals surface area contributed by atoms with E-state index in [1.165, 1.54) is 4.90 Å². The van der Waals surface area contributed by atoms with Gasteiger partial charge in [0.2, 0.25) is 6.43 Å². The molecule has 0 spiro atoms. The lowest BCUT2D eigenvalue weighted by atomic mass is 9.88. The van der Waals surface area contributed by atoms with Crippen LogP contribution in [-0.4, -0.2) is 40.6 Å². The van der Waals surface area contributed by atoms with Gasteiger partial charge in [-0.15, -0.1) is 0 Å². The number of piperidine rings is 1. The Morgan fingerprint density at radius 3 is 2.70 bits per heavy atom. The van der Waals surface area contributed by atoms with E-state index in [2.05, 4.69) is 20.9 Å². The number of benzene rings is 1. The molecular weight excluding hydrogens is 370 g/mol. The maximum atomic E-state index is 12.8. The number of hydrogen-bond donors (Lipinski definition) is 2. The van der Waals surface area contributed by atoms with Crippen LogP contribution in [0.2, 0.25) is 0 Å². The summed E-state index contributed by atoms with van der Waals surface area (Å²) in [5.74, 6) is 0.267. The monoisotopic (exact) mass is 386 g/mol. The number of aromatic nitrogens is 1. The molecule has 23 heavy (non-hydrogen) atoms. The van der Waals surface area contributed by atoms with Crippen LogP contribution in [0.4, 0.5) is 13.6 Å². The molecule has 2 aromatic rings. The minimum absolute atomic E-state index is 0.267. The maximum Gasteiger partial charge on any atom is 0.407 e. The van der Waals surface area contributed by atoms with Gasteiger partial charge in [-0.3, -0.25) is 0 Å². The second kappa shape index (κ2) is 6.47. The highest BCUT2D eigenvalue weighted by Crippen LogP contribution is 2.34. The van der Waals surface area contributed by atoms with E-state index in [-0.39, 0.29) is 12.3 Å². The van der Waals surface area contributed by atoms with E-state index in [0.717, 1.165) is 29.3 Å². The van der Waals surface area contributed by atoms with Crippen molar-refractivity contribution in [3.63, 3.8) is 0 Å². The minimum Gasteiger partial charge on any atom is -0.465 e. The zero-order valence-corrected chi connectivity index (χ0v) is 13.9. The van der Waals surface area contributed by atoms with Crippen LogP contribution in [0.25, 0.3) is 10.9 Å². The third-order valence-corrected chi connectivity index (χ3v) is 5.15. The van der Waals surface area contributed by atoms with Gasteiger partial charge in [0.05, 0.1) is 4.60 Å². The van der Waals surface area contributed by atoms with Crippen LogP contribution in [0, 0.1) is 0 Å². The highest BCUT2D eigenvalue weighted by atomic mass is 79.9. The third kappa shape index (κ3) is 3.34. The lowest BCUT2D eigenvalue weighted by molar-refractivity contribution is 0.132. The molecule has 2 N–H and O–H groups in total. The van der Waals surface area contributed by atoms with Gasteiger partial charge in [-0.2, -0.15) is 0 Å². The average Bonchev–Trinajstić information content (AvgIpc) is 2.82. The normalized spacial score (nSPS) is 16.4. The molecule has 2 heterocycles. The van der Waals surface area contributed by atoms with Crippen molar-refractivity contribution in [2.75, 3.05) is 13.1 Å². The smallest absolute Gasteiger partial charge is 0.407 e. The quantitative estimate of drug-likeness (QED) is 0.809. The van der Waals surface area contributed by atoms with Crippen molar-refractivity contribution >= 4 is 32.9 Å². The number of likely N-dealkylation sites (tertiary alicyclic amines) is 1. The summed E-state index contributed by atoms with van der Waals surface area (Å²) >= 11 is 3.32. The molecule has 1 aliphatic rings. The Balaban J connectivity index is 1.86. The molecule has 0 aliphatic carbocycles. The van der Waals surface area contributed by atoms with Crippen molar-refractivity contribution in [2.45, 2.75) is 31.6 Å². The fourth-order valence-corrected chi connectivity index (χ4v) is 3.83. The number of hydrogen-bond acceptors (Lipinski definition) is 1. The van der Waals surface area contributed by atoms with Gasteiger partial charge in [0.15, 0.2) is 0 Å². The molecule has 1 amide bonds. The number of amides is 1. The van der Waals surface area contributed by atoms with E-state index in [0.29, 0.717) is 23.3 Å². The number of fused-ring (bicyclic) bond motifs is 1. The number of halogens is 3. The van der Waals surface area contributed by atoms with Crippen LogP contribution in [0.1, 0.15) is 29.9 Å². The number of carbonyl (C=O) groups is 1. The zero-order valence-electron chi connectivity index (χ0n) is 12.4. The van der Waals surface area contributed by atoms with E-state index >= 15 is 0 Å². The standard InChI is InChI=1S/C16H17BrF2N2O2/c17-15-12(8-14(18)19)11-7-10(1-2-13(11)20-15)9-3-5-21(6-4-9)16(22)23/h1-2,7,9,14,20H,3-6,8H2,(H,22,23). The second-order valence-electron chi connectivity index (χ2n) is 5.86. The number of nitrogens with one attached hydrogen (secondary N) is 1. The van der Waals surface area contributed by atoms with E-state index in [9.17, 15) is 13.6 Å². The van der Waals surface area contributed by atoms with Gasteiger partial charge in [0.1, 0.15) is 0 Å². The predicted octanol–water partition coefficient (Wildman–Crippen LogP) is 4.60. The van der Waals surface area contributed by atoms with Gasteiger partial charge in [-0.25, -0.2) is 13.6 Å². The van der Waals surface area contributed by atoms with Gasteiger partial charge < -0.3 is 15.0 Å². The first-order valence-corrected chi connectivity index (χ1v) is 8.31. The molecule has 0 radical (unpaired) electrons. The summed E-state index contributed by atoms with van der Waals surface area (Å²) in [6.07, 6.45) is -2.05. The summed E-state index contributed by atoms with van der Waals surface area (Å²) in [5, 5.41) is 9.82. The van der Waals surface area contributed by atoms with Crippen molar-refractivity contribution < 1.29 is 18.7 Å². The number of alkyl halides is 2. The molecule has 124 valence electrons. The van der Waals surface area contributed by atoms with Crippen LogP contribution < -0.4 is 0 Å². The topological polar surface area (TPSA) is 56.3 Å². The Morgan fingerprint density at radius 1 is 1.39 bits per heavy atom. The summed E-state index contributed by atoms with van der Waals surface area (Å²) in [5.41, 5.74) is 2.52. The summed E-state index contributed by atoms with van der Waals surface area (Å²) in [7, 11) is 0. The molecule has 3 rings (SSSR count). The van der Waals surface area contributed by atoms with Crippen molar-refractivity contribution in [3.05, 3.63) is 33.9 Å². The largest absolute Gasteiger partial charge is 0.465 e. The molecule has 1 aromatic heterocycles. The fourth-order valence-electron chi connectivity index (χ4n) is 3.24. The molecule has 1 aliphatic heterocycles. The molecule has 1 fully saturated rings. The number of rotatable bonds is 3. The Morgan fingerprint density at radius 2 is 2.09 bits per heavy atom. The molecule has 0 atom stereocenters. The number of aromatic amines is 1. The first-order valence-electron chi connectivity index (χ1n) is 7.51. The van der Waals surface area contributed by atoms with Crippen molar-refractivity contribution in [2.24, 2.45) is 0 Å². The third-order valence-electron chi connectivity index (χ3n) is 4.47. The Labute approximate surface area is 140 Å². The molecule has 7 heteroatoms. The molecular formula is C16H17BrF2N2O2. The average molecular weight is 387 g/mol. The van der Waals surface area contributed by atoms with Gasteiger partial charge in [0, 0.05) is 30.4 Å². The highest BCUT2D eigenvalue weighted by molar-refractivity contribution is 9.10. The summed E-state index contributed by atoms with van der Waals surface area (Å²) in [6.45, 7) is 1.03. The molecule has 1 saturated heterocycles. The SMILES string of the molecule is O=C(O)N1CCC(c2ccc3[nH]c(Br)c(CC(F)F)c3c2)CC1. The minimum atomic E-state index is -2.40. The zero-order chi connectivity index (χ0) is 16.6. The molecule has 4 nitrogen and oxygen atoms in total. The predicted molar refractivity (Wildman–Crippen MR) is 87.3 cm³/mol. The Bertz CT molecular complexity index is 724. The Hall–Kier alpha value is -1.63. The van der Waals surface area contributed by atoms with Crippen LogP contribution in [-0.2, 0) is 6.42 Å². The van der Waals surface area contributed by atoms with E-state index < -0.39 is 12.5 Å². The number of carboxylic acid groups (broad SMARTS) is 1. The maximum absolute atomic E-state index is 12.8. The van der Waals surface area contributed by atoms with Crippen LogP contribution in [0.5, 0.6) is 0 Å². The van der Waals surface area contributed by atoms with Crippen LogP contribution in [0.3, 0.4) is 0 Å². The van der Waals surface area contributed by atoms with E-state index in [4.69, 9.17) is 5.11 Å². The molecule has 0 bridgehead atoms. The Kier molecular flexibility index (Phi) is 4.57. The van der Waals surface area contributed by atoms with Crippen LogP contribution >= 0.6 is 15.9 Å². The van der Waals surface area contributed by atoms with Gasteiger partial charge >= 0.3 is 6.09 Å². The van der Waals surface area contributed by atoms with E-state index in [1.54, 1.807) is 0 Å². The number of H-pyrrole nitrogens is 1.